The molecule has 0 aliphatic carbocycles. The highest BCUT2D eigenvalue weighted by Gasteiger charge is 2.10. The number of nitrogens with zero attached hydrogens (tertiary/aromatic N) is 1. The molecule has 100 valence electrons. The van der Waals surface area contributed by atoms with E-state index in [4.69, 9.17) is 0 Å². The molecule has 2 aromatic heterocycles. The van der Waals surface area contributed by atoms with E-state index in [-0.39, 0.29) is 0 Å². The van der Waals surface area contributed by atoms with Crippen molar-refractivity contribution in [3.63, 3.8) is 0 Å². The largest absolute Gasteiger partial charge is 0.256 e. The zero-order valence-electron chi connectivity index (χ0n) is 11.4. The van der Waals surface area contributed by atoms with E-state index < -0.39 is 0 Å². The van der Waals surface area contributed by atoms with Crippen molar-refractivity contribution in [3.8, 4) is 21.7 Å². The summed E-state index contributed by atoms with van der Waals surface area (Å²) in [5.74, 6) is 0. The molecule has 0 bridgehead atoms. The van der Waals surface area contributed by atoms with Gasteiger partial charge in [0, 0.05) is 26.9 Å². The second-order valence-corrected chi connectivity index (χ2v) is 5.99. The first-order valence-electron chi connectivity index (χ1n) is 6.91. The summed E-state index contributed by atoms with van der Waals surface area (Å²) in [7, 11) is 0. The van der Waals surface area contributed by atoms with Crippen LogP contribution in [0.25, 0.3) is 31.8 Å². The standard InChI is InChI=1S/C19H13NS/c1-4-11-18-14(7-1)13-19(21-18)16-9-3-2-8-15(16)17-10-5-6-12-20-17/h1-13H. The Kier molecular flexibility index (Phi) is 3.02. The minimum Gasteiger partial charge on any atom is -0.256 e. The Balaban J connectivity index is 1.93. The number of thiophene rings is 1. The minimum atomic E-state index is 1.02. The van der Waals surface area contributed by atoms with Gasteiger partial charge in [0.2, 0.25) is 0 Å². The number of pyridine rings is 1. The van der Waals surface area contributed by atoms with Crippen molar-refractivity contribution < 1.29 is 0 Å². The fraction of sp³-hybridized carbons (Fsp3) is 0. The fourth-order valence-corrected chi connectivity index (χ4v) is 3.66. The molecule has 1 nitrogen and oxygen atoms in total. The molecule has 0 unspecified atom stereocenters. The van der Waals surface area contributed by atoms with Crippen molar-refractivity contribution in [3.05, 3.63) is 79.0 Å². The van der Waals surface area contributed by atoms with Gasteiger partial charge in [0.25, 0.3) is 0 Å². The maximum Gasteiger partial charge on any atom is 0.0708 e. The average Bonchev–Trinajstić information content (AvgIpc) is 2.99. The number of benzene rings is 2. The van der Waals surface area contributed by atoms with Crippen LogP contribution in [0.3, 0.4) is 0 Å². The van der Waals surface area contributed by atoms with Crippen molar-refractivity contribution >= 4 is 21.4 Å². The molecule has 0 spiro atoms. The van der Waals surface area contributed by atoms with Gasteiger partial charge in [-0.05, 0) is 29.7 Å². The van der Waals surface area contributed by atoms with E-state index >= 15 is 0 Å². The van der Waals surface area contributed by atoms with Crippen molar-refractivity contribution in [1.82, 2.24) is 4.98 Å². The molecule has 0 aliphatic heterocycles. The number of rotatable bonds is 2. The molecule has 2 aromatic carbocycles. The smallest absolute Gasteiger partial charge is 0.0708 e. The third-order valence-electron chi connectivity index (χ3n) is 3.56. The molecule has 4 rings (SSSR count). The number of hydrogen-bond acceptors (Lipinski definition) is 2. The van der Waals surface area contributed by atoms with Gasteiger partial charge in [0.05, 0.1) is 5.69 Å². The molecule has 2 heterocycles. The molecule has 0 amide bonds. The molecule has 2 heteroatoms. The van der Waals surface area contributed by atoms with E-state index in [2.05, 4.69) is 65.6 Å². The zero-order valence-corrected chi connectivity index (χ0v) is 12.2. The van der Waals surface area contributed by atoms with Gasteiger partial charge >= 0.3 is 0 Å². The van der Waals surface area contributed by atoms with E-state index in [1.165, 1.54) is 26.1 Å². The van der Waals surface area contributed by atoms with Crippen molar-refractivity contribution in [1.29, 1.82) is 0 Å². The summed E-state index contributed by atoms with van der Waals surface area (Å²) in [6, 6.07) is 25.3. The Morgan fingerprint density at radius 2 is 1.48 bits per heavy atom. The summed E-state index contributed by atoms with van der Waals surface area (Å²) < 4.78 is 1.32. The highest BCUT2D eigenvalue weighted by atomic mass is 32.1. The van der Waals surface area contributed by atoms with Gasteiger partial charge in [0.15, 0.2) is 0 Å². The highest BCUT2D eigenvalue weighted by Crippen LogP contribution is 2.38. The van der Waals surface area contributed by atoms with Crippen molar-refractivity contribution in [2.75, 3.05) is 0 Å². The quantitative estimate of drug-likeness (QED) is 0.465. The lowest BCUT2D eigenvalue weighted by molar-refractivity contribution is 1.33. The summed E-state index contributed by atoms with van der Waals surface area (Å²) in [5, 5.41) is 1.30. The number of fused-ring (bicyclic) bond motifs is 1. The van der Waals surface area contributed by atoms with Crippen LogP contribution < -0.4 is 0 Å². The van der Waals surface area contributed by atoms with Crippen LogP contribution >= 0.6 is 11.3 Å². The minimum absolute atomic E-state index is 1.02. The van der Waals surface area contributed by atoms with E-state index in [1.54, 1.807) is 0 Å². The Morgan fingerprint density at radius 3 is 2.29 bits per heavy atom. The van der Waals surface area contributed by atoms with Crippen LogP contribution in [0.5, 0.6) is 0 Å². The van der Waals surface area contributed by atoms with Crippen molar-refractivity contribution in [2.24, 2.45) is 0 Å². The summed E-state index contributed by atoms with van der Waals surface area (Å²) in [5.41, 5.74) is 3.45. The van der Waals surface area contributed by atoms with Gasteiger partial charge in [-0.15, -0.1) is 11.3 Å². The molecule has 0 N–H and O–H groups in total. The zero-order chi connectivity index (χ0) is 14.1. The van der Waals surface area contributed by atoms with E-state index in [9.17, 15) is 0 Å². The summed E-state index contributed by atoms with van der Waals surface area (Å²) in [6.07, 6.45) is 1.84. The molecule has 0 atom stereocenters. The van der Waals surface area contributed by atoms with Crippen LogP contribution in [-0.2, 0) is 0 Å². The first-order chi connectivity index (χ1) is 10.4. The van der Waals surface area contributed by atoms with Crippen LogP contribution in [-0.4, -0.2) is 4.98 Å². The molecular formula is C19H13NS. The van der Waals surface area contributed by atoms with Crippen LogP contribution in [0.2, 0.25) is 0 Å². The summed E-state index contributed by atoms with van der Waals surface area (Å²) >= 11 is 1.83. The van der Waals surface area contributed by atoms with Gasteiger partial charge in [0.1, 0.15) is 0 Å². The maximum atomic E-state index is 4.49. The van der Waals surface area contributed by atoms with Gasteiger partial charge in [-0.1, -0.05) is 48.5 Å². The fourth-order valence-electron chi connectivity index (χ4n) is 2.56. The van der Waals surface area contributed by atoms with E-state index in [1.807, 2.05) is 29.7 Å². The Bertz CT molecular complexity index is 861. The lowest BCUT2D eigenvalue weighted by Crippen LogP contribution is -1.85. The lowest BCUT2D eigenvalue weighted by atomic mass is 10.0. The van der Waals surface area contributed by atoms with Crippen LogP contribution in [0.1, 0.15) is 0 Å². The SMILES string of the molecule is c1ccc(-c2ccccc2-c2cc3ccccc3s2)nc1. The van der Waals surface area contributed by atoms with E-state index in [0.717, 1.165) is 5.69 Å². The summed E-state index contributed by atoms with van der Waals surface area (Å²) in [4.78, 5) is 5.78. The van der Waals surface area contributed by atoms with Gasteiger partial charge in [-0.3, -0.25) is 4.98 Å². The van der Waals surface area contributed by atoms with Gasteiger partial charge in [-0.25, -0.2) is 0 Å². The Hall–Kier alpha value is -2.45. The summed E-state index contributed by atoms with van der Waals surface area (Å²) in [6.45, 7) is 0. The van der Waals surface area contributed by atoms with Gasteiger partial charge in [-0.2, -0.15) is 0 Å². The second kappa shape index (κ2) is 5.15. The monoisotopic (exact) mass is 287 g/mol. The topological polar surface area (TPSA) is 12.9 Å². The van der Waals surface area contributed by atoms with Crippen LogP contribution in [0.4, 0.5) is 0 Å². The first-order valence-corrected chi connectivity index (χ1v) is 7.73. The molecule has 21 heavy (non-hydrogen) atoms. The molecule has 0 saturated heterocycles. The normalized spacial score (nSPS) is 10.9. The molecule has 0 radical (unpaired) electrons. The van der Waals surface area contributed by atoms with Crippen LogP contribution in [0, 0.1) is 0 Å². The van der Waals surface area contributed by atoms with E-state index in [0.29, 0.717) is 0 Å². The first kappa shape index (κ1) is 12.3. The predicted molar refractivity (Wildman–Crippen MR) is 90.5 cm³/mol. The number of aromatic nitrogens is 1. The third kappa shape index (κ3) is 2.24. The third-order valence-corrected chi connectivity index (χ3v) is 4.71. The molecule has 0 saturated carbocycles. The predicted octanol–water partition coefficient (Wildman–Crippen LogP) is 5.63. The van der Waals surface area contributed by atoms with Gasteiger partial charge < -0.3 is 0 Å². The second-order valence-electron chi connectivity index (χ2n) is 4.91. The Morgan fingerprint density at radius 1 is 0.714 bits per heavy atom. The molecule has 4 aromatic rings. The molecule has 0 fully saturated rings. The Labute approximate surface area is 127 Å². The molecular weight excluding hydrogens is 274 g/mol. The average molecular weight is 287 g/mol. The number of hydrogen-bond donors (Lipinski definition) is 0. The molecule has 0 aliphatic rings. The maximum absolute atomic E-state index is 4.49. The lowest BCUT2D eigenvalue weighted by Gasteiger charge is -2.06. The highest BCUT2D eigenvalue weighted by molar-refractivity contribution is 7.22. The van der Waals surface area contributed by atoms with Crippen LogP contribution in [0.15, 0.2) is 79.0 Å². The van der Waals surface area contributed by atoms with Crippen molar-refractivity contribution in [2.45, 2.75) is 0 Å².